The third kappa shape index (κ3) is 4.83. The normalized spacial score (nSPS) is 16.9. The second-order valence-corrected chi connectivity index (χ2v) is 9.83. The fourth-order valence-corrected chi connectivity index (χ4v) is 5.33. The molecule has 3 aromatic rings. The number of anilines is 1. The summed E-state index contributed by atoms with van der Waals surface area (Å²) in [5, 5.41) is 14.0. The van der Waals surface area contributed by atoms with Crippen molar-refractivity contribution in [1.82, 2.24) is 14.9 Å². The minimum absolute atomic E-state index is 0.190. The Balaban J connectivity index is 1.69. The number of aryl methyl sites for hydroxylation is 1. The van der Waals surface area contributed by atoms with Gasteiger partial charge in [-0.3, -0.25) is 14.8 Å². The van der Waals surface area contributed by atoms with Crippen molar-refractivity contribution in [3.05, 3.63) is 93.0 Å². The number of carbonyl (C=O) groups is 1. The van der Waals surface area contributed by atoms with E-state index in [0.29, 0.717) is 35.1 Å². The summed E-state index contributed by atoms with van der Waals surface area (Å²) in [6, 6.07) is 14.1. The first-order chi connectivity index (χ1) is 16.3. The summed E-state index contributed by atoms with van der Waals surface area (Å²) in [4.78, 5) is 21.3. The maximum atomic E-state index is 13.3. The highest BCUT2D eigenvalue weighted by Crippen LogP contribution is 2.38. The lowest BCUT2D eigenvalue weighted by Crippen LogP contribution is -2.45. The molecule has 9 heteroatoms. The zero-order valence-corrected chi connectivity index (χ0v) is 20.6. The van der Waals surface area contributed by atoms with Crippen molar-refractivity contribution in [2.24, 2.45) is 5.84 Å². The van der Waals surface area contributed by atoms with E-state index >= 15 is 0 Å². The molecule has 7 nitrogen and oxygen atoms in total. The predicted molar refractivity (Wildman–Crippen MR) is 135 cm³/mol. The highest BCUT2D eigenvalue weighted by atomic mass is 35.5. The van der Waals surface area contributed by atoms with Crippen LogP contribution in [0.4, 0.5) is 10.5 Å². The Morgan fingerprint density at radius 2 is 2.06 bits per heavy atom. The quantitative estimate of drug-likeness (QED) is 0.374. The number of hydrogen-bond donors (Lipinski definition) is 1. The van der Waals surface area contributed by atoms with E-state index in [1.807, 2.05) is 43.6 Å². The first kappa shape index (κ1) is 23.9. The highest BCUT2D eigenvalue weighted by Gasteiger charge is 2.45. The van der Waals surface area contributed by atoms with Crippen LogP contribution in [0.25, 0.3) is 0 Å². The van der Waals surface area contributed by atoms with Crippen molar-refractivity contribution in [1.29, 1.82) is 5.26 Å². The van der Waals surface area contributed by atoms with Gasteiger partial charge in [0.1, 0.15) is 5.01 Å². The molecule has 0 spiro atoms. The third-order valence-corrected chi connectivity index (χ3v) is 6.85. The van der Waals surface area contributed by atoms with Gasteiger partial charge in [0.05, 0.1) is 29.9 Å². The maximum absolute atomic E-state index is 13.3. The smallest absolute Gasteiger partial charge is 0.299 e. The van der Waals surface area contributed by atoms with Crippen LogP contribution in [0.2, 0.25) is 5.02 Å². The molecule has 34 heavy (non-hydrogen) atoms. The fourth-order valence-electron chi connectivity index (χ4n) is 4.35. The highest BCUT2D eigenvalue weighted by molar-refractivity contribution is 7.09. The van der Waals surface area contributed by atoms with E-state index in [2.05, 4.69) is 22.5 Å². The number of carbonyl (C=O) groups excluding carboxylic acids is 1. The molecule has 1 aliphatic heterocycles. The monoisotopic (exact) mass is 492 g/mol. The minimum Gasteiger partial charge on any atom is -0.299 e. The Morgan fingerprint density at radius 3 is 2.68 bits per heavy atom. The molecule has 2 aromatic carbocycles. The lowest BCUT2D eigenvalue weighted by atomic mass is 9.88. The van der Waals surface area contributed by atoms with Gasteiger partial charge in [-0.05, 0) is 55.4 Å². The van der Waals surface area contributed by atoms with E-state index in [1.165, 1.54) is 9.91 Å². The average molecular weight is 493 g/mol. The fraction of sp³-hybridized carbons (Fsp3) is 0.240. The van der Waals surface area contributed by atoms with Crippen LogP contribution in [0.3, 0.4) is 0 Å². The van der Waals surface area contributed by atoms with Crippen LogP contribution in [0.5, 0.6) is 0 Å². The summed E-state index contributed by atoms with van der Waals surface area (Å²) in [6.45, 7) is 7.46. The van der Waals surface area contributed by atoms with Gasteiger partial charge in [0.25, 0.3) is 0 Å². The SMILES string of the molecule is C=C1C(C(CN(C)Cc2nccs2)c2ccc(C#N)cc2)N(N)C(=O)N1c1cc(C)cc(Cl)c1. The van der Waals surface area contributed by atoms with E-state index in [0.717, 1.165) is 16.1 Å². The van der Waals surface area contributed by atoms with Crippen LogP contribution in [0.1, 0.15) is 27.6 Å². The summed E-state index contributed by atoms with van der Waals surface area (Å²) in [7, 11) is 2.01. The van der Waals surface area contributed by atoms with Crippen molar-refractivity contribution < 1.29 is 4.79 Å². The summed E-state index contributed by atoms with van der Waals surface area (Å²) < 4.78 is 0. The molecule has 4 rings (SSSR count). The molecule has 0 bridgehead atoms. The standard InChI is InChI=1S/C25H25ClN6OS/c1-16-10-20(26)12-21(11-16)31-17(2)24(32(28)25(31)33)22(19-6-4-18(13-27)5-7-19)14-30(3)15-23-29-8-9-34-23/h4-12,22,24H,2,14-15,28H2,1,3H3. The Bertz CT molecular complexity index is 1220. The largest absolute Gasteiger partial charge is 0.343 e. The van der Waals surface area contributed by atoms with Crippen LogP contribution in [0.15, 0.2) is 66.3 Å². The number of hydrazine groups is 1. The molecule has 0 aliphatic carbocycles. The third-order valence-electron chi connectivity index (χ3n) is 5.87. The lowest BCUT2D eigenvalue weighted by molar-refractivity contribution is 0.190. The van der Waals surface area contributed by atoms with Gasteiger partial charge >= 0.3 is 6.03 Å². The zero-order chi connectivity index (χ0) is 24.4. The molecule has 0 saturated carbocycles. The van der Waals surface area contributed by atoms with Crippen molar-refractivity contribution in [3.63, 3.8) is 0 Å². The van der Waals surface area contributed by atoms with Gasteiger partial charge in [0, 0.05) is 34.8 Å². The van der Waals surface area contributed by atoms with Crippen LogP contribution in [-0.4, -0.2) is 40.6 Å². The number of benzene rings is 2. The molecule has 1 saturated heterocycles. The number of nitriles is 1. The Morgan fingerprint density at radius 1 is 1.32 bits per heavy atom. The molecule has 2 unspecified atom stereocenters. The molecular formula is C25H25ClN6OS. The number of thiazole rings is 1. The molecule has 0 radical (unpaired) electrons. The molecule has 1 aromatic heterocycles. The molecule has 1 fully saturated rings. The second-order valence-electron chi connectivity index (χ2n) is 8.41. The van der Waals surface area contributed by atoms with Gasteiger partial charge in [-0.1, -0.05) is 30.3 Å². The zero-order valence-electron chi connectivity index (χ0n) is 19.0. The van der Waals surface area contributed by atoms with Crippen molar-refractivity contribution in [3.8, 4) is 6.07 Å². The average Bonchev–Trinajstić information content (AvgIpc) is 3.38. The molecule has 174 valence electrons. The first-order valence-electron chi connectivity index (χ1n) is 10.7. The summed E-state index contributed by atoms with van der Waals surface area (Å²) in [5.41, 5.74) is 3.67. The molecule has 2 amide bonds. The van der Waals surface area contributed by atoms with Gasteiger partial charge < -0.3 is 0 Å². The number of rotatable bonds is 7. The van der Waals surface area contributed by atoms with Crippen molar-refractivity contribution in [2.45, 2.75) is 25.4 Å². The number of likely N-dealkylation sites (N-methyl/N-ethyl adjacent to an activating group) is 1. The molecular weight excluding hydrogens is 468 g/mol. The van der Waals surface area contributed by atoms with E-state index in [4.69, 9.17) is 17.4 Å². The van der Waals surface area contributed by atoms with Crippen LogP contribution in [0, 0.1) is 18.3 Å². The Hall–Kier alpha value is -3.22. The van der Waals surface area contributed by atoms with Crippen LogP contribution >= 0.6 is 22.9 Å². The maximum Gasteiger partial charge on any atom is 0.343 e. The predicted octanol–water partition coefficient (Wildman–Crippen LogP) is 4.89. The number of aromatic nitrogens is 1. The van der Waals surface area contributed by atoms with Gasteiger partial charge in [-0.2, -0.15) is 5.26 Å². The molecule has 2 N–H and O–H groups in total. The summed E-state index contributed by atoms with van der Waals surface area (Å²) in [6.07, 6.45) is 1.79. The number of urea groups is 1. The molecule has 2 heterocycles. The number of nitrogens with zero attached hydrogens (tertiary/aromatic N) is 5. The van der Waals surface area contributed by atoms with Gasteiger partial charge in [0.15, 0.2) is 0 Å². The summed E-state index contributed by atoms with van der Waals surface area (Å²) >= 11 is 7.87. The minimum atomic E-state index is -0.488. The molecule has 2 atom stereocenters. The Kier molecular flexibility index (Phi) is 7.00. The van der Waals surface area contributed by atoms with Crippen LogP contribution in [-0.2, 0) is 6.54 Å². The Labute approximate surface area is 208 Å². The van der Waals surface area contributed by atoms with Gasteiger partial charge in [-0.15, -0.1) is 11.3 Å². The summed E-state index contributed by atoms with van der Waals surface area (Å²) in [5.74, 6) is 6.20. The first-order valence-corrected chi connectivity index (χ1v) is 11.9. The number of hydrogen-bond acceptors (Lipinski definition) is 6. The van der Waals surface area contributed by atoms with Gasteiger partial charge in [0.2, 0.25) is 0 Å². The second kappa shape index (κ2) is 9.95. The lowest BCUT2D eigenvalue weighted by Gasteiger charge is -2.31. The number of halogens is 1. The topological polar surface area (TPSA) is 89.5 Å². The van der Waals surface area contributed by atoms with E-state index in [-0.39, 0.29) is 11.9 Å². The molecule has 1 aliphatic rings. The van der Waals surface area contributed by atoms with Crippen molar-refractivity contribution in [2.75, 3.05) is 18.5 Å². The van der Waals surface area contributed by atoms with E-state index in [9.17, 15) is 10.1 Å². The number of amides is 2. The van der Waals surface area contributed by atoms with Gasteiger partial charge in [-0.25, -0.2) is 15.6 Å². The van der Waals surface area contributed by atoms with E-state index < -0.39 is 6.04 Å². The van der Waals surface area contributed by atoms with Crippen LogP contribution < -0.4 is 10.7 Å². The number of nitrogens with two attached hydrogens (primary N) is 1. The van der Waals surface area contributed by atoms with Crippen molar-refractivity contribution >= 4 is 34.7 Å². The van der Waals surface area contributed by atoms with E-state index in [1.54, 1.807) is 35.7 Å².